The molecule has 1 aromatic carbocycles. The van der Waals surface area contributed by atoms with E-state index in [1.165, 1.54) is 17.4 Å². The quantitative estimate of drug-likeness (QED) is 0.833. The lowest BCUT2D eigenvalue weighted by atomic mass is 10.2. The fourth-order valence-corrected chi connectivity index (χ4v) is 2.73. The molecule has 0 aliphatic rings. The van der Waals surface area contributed by atoms with Gasteiger partial charge in [-0.3, -0.25) is 0 Å². The molecule has 6 heteroatoms. The van der Waals surface area contributed by atoms with Gasteiger partial charge in [0, 0.05) is 22.7 Å². The van der Waals surface area contributed by atoms with Crippen molar-refractivity contribution in [3.05, 3.63) is 40.7 Å². The van der Waals surface area contributed by atoms with E-state index >= 15 is 0 Å². The minimum atomic E-state index is -1.46. The Balaban J connectivity index is 2.27. The molecule has 0 amide bonds. The van der Waals surface area contributed by atoms with Crippen molar-refractivity contribution in [2.24, 2.45) is 0 Å². The molecule has 1 heterocycles. The Morgan fingerprint density at radius 2 is 2.00 bits per heavy atom. The average Bonchev–Trinajstić information content (AvgIpc) is 2.92. The Kier molecular flexibility index (Phi) is 4.77. The molecule has 1 unspecified atom stereocenters. The van der Waals surface area contributed by atoms with Gasteiger partial charge in [0.1, 0.15) is 5.01 Å². The monoisotopic (exact) mass is 300 g/mol. The molecule has 0 aliphatic heterocycles. The van der Waals surface area contributed by atoms with Crippen molar-refractivity contribution in [1.29, 1.82) is 0 Å². The lowest BCUT2D eigenvalue weighted by molar-refractivity contribution is 0.449. The maximum atomic E-state index is 13.7. The third-order valence-electron chi connectivity index (χ3n) is 2.92. The number of benzene rings is 1. The summed E-state index contributed by atoms with van der Waals surface area (Å²) in [5, 5.41) is 3.64. The van der Waals surface area contributed by atoms with Crippen molar-refractivity contribution < 1.29 is 13.2 Å². The number of thiazole rings is 1. The Morgan fingerprint density at radius 1 is 1.25 bits per heavy atom. The molecule has 2 nitrogen and oxygen atoms in total. The second kappa shape index (κ2) is 6.37. The van der Waals surface area contributed by atoms with E-state index in [-0.39, 0.29) is 11.6 Å². The molecule has 0 saturated heterocycles. The van der Waals surface area contributed by atoms with Crippen LogP contribution in [0.2, 0.25) is 0 Å². The molecule has 2 aromatic rings. The first kappa shape index (κ1) is 15.0. The van der Waals surface area contributed by atoms with E-state index in [2.05, 4.69) is 17.2 Å². The SMILES string of the molecule is CCCNC(C)c1cnc(-c2ccc(F)c(F)c2F)s1. The van der Waals surface area contributed by atoms with Crippen LogP contribution >= 0.6 is 11.3 Å². The smallest absolute Gasteiger partial charge is 0.195 e. The first-order valence-electron chi connectivity index (χ1n) is 6.37. The highest BCUT2D eigenvalue weighted by atomic mass is 32.1. The van der Waals surface area contributed by atoms with Crippen LogP contribution in [0.1, 0.15) is 31.2 Å². The predicted octanol–water partition coefficient (Wildman–Crippen LogP) is 4.29. The number of nitrogens with zero attached hydrogens (tertiary/aromatic N) is 1. The van der Waals surface area contributed by atoms with Gasteiger partial charge in [0.2, 0.25) is 0 Å². The van der Waals surface area contributed by atoms with Gasteiger partial charge in [0.15, 0.2) is 17.5 Å². The molecule has 1 aromatic heterocycles. The summed E-state index contributed by atoms with van der Waals surface area (Å²) in [6.45, 7) is 4.91. The van der Waals surface area contributed by atoms with Crippen LogP contribution in [0, 0.1) is 17.5 Å². The summed E-state index contributed by atoms with van der Waals surface area (Å²) in [6.07, 6.45) is 2.64. The van der Waals surface area contributed by atoms with E-state index in [1.54, 1.807) is 6.20 Å². The molecule has 0 saturated carbocycles. The summed E-state index contributed by atoms with van der Waals surface area (Å²) < 4.78 is 39.8. The first-order chi connectivity index (χ1) is 9.54. The summed E-state index contributed by atoms with van der Waals surface area (Å²) in [4.78, 5) is 5.02. The Morgan fingerprint density at radius 3 is 2.70 bits per heavy atom. The molecule has 108 valence electrons. The van der Waals surface area contributed by atoms with Gasteiger partial charge in [-0.25, -0.2) is 18.2 Å². The van der Waals surface area contributed by atoms with Crippen molar-refractivity contribution >= 4 is 11.3 Å². The minimum absolute atomic E-state index is 0.0113. The molecular formula is C14H15F3N2S. The zero-order valence-electron chi connectivity index (χ0n) is 11.2. The molecular weight excluding hydrogens is 285 g/mol. The Bertz CT molecular complexity index is 598. The van der Waals surface area contributed by atoms with E-state index in [1.807, 2.05) is 6.92 Å². The van der Waals surface area contributed by atoms with Crippen LogP contribution in [0.3, 0.4) is 0 Å². The molecule has 2 rings (SSSR count). The standard InChI is InChI=1S/C14H15F3N2S/c1-3-6-18-8(2)11-7-19-14(20-11)9-4-5-10(15)13(17)12(9)16/h4-5,7-8,18H,3,6H2,1-2H3. The molecule has 1 atom stereocenters. The highest BCUT2D eigenvalue weighted by Crippen LogP contribution is 2.31. The lowest BCUT2D eigenvalue weighted by Crippen LogP contribution is -2.18. The molecule has 0 aliphatic carbocycles. The summed E-state index contributed by atoms with van der Waals surface area (Å²) in [7, 11) is 0. The average molecular weight is 300 g/mol. The number of aromatic nitrogens is 1. The van der Waals surface area contributed by atoms with Gasteiger partial charge in [-0.15, -0.1) is 11.3 Å². The van der Waals surface area contributed by atoms with Crippen LogP contribution in [0.25, 0.3) is 10.6 Å². The Labute approximate surface area is 119 Å². The number of nitrogens with one attached hydrogen (secondary N) is 1. The second-order valence-electron chi connectivity index (χ2n) is 4.47. The molecule has 0 radical (unpaired) electrons. The van der Waals surface area contributed by atoms with Crippen LogP contribution < -0.4 is 5.32 Å². The molecule has 20 heavy (non-hydrogen) atoms. The van der Waals surface area contributed by atoms with Crippen molar-refractivity contribution in [3.8, 4) is 10.6 Å². The molecule has 0 bridgehead atoms. The summed E-state index contributed by atoms with van der Waals surface area (Å²) >= 11 is 1.27. The van der Waals surface area contributed by atoms with Crippen LogP contribution in [-0.4, -0.2) is 11.5 Å². The summed E-state index contributed by atoms with van der Waals surface area (Å²) in [6, 6.07) is 2.21. The number of hydrogen-bond acceptors (Lipinski definition) is 3. The van der Waals surface area contributed by atoms with Crippen molar-refractivity contribution in [1.82, 2.24) is 10.3 Å². The van der Waals surface area contributed by atoms with Crippen LogP contribution in [-0.2, 0) is 0 Å². The fraction of sp³-hybridized carbons (Fsp3) is 0.357. The Hall–Kier alpha value is -1.40. The second-order valence-corrected chi connectivity index (χ2v) is 5.53. The number of halogens is 3. The van der Waals surface area contributed by atoms with Crippen LogP contribution in [0.4, 0.5) is 13.2 Å². The number of hydrogen-bond donors (Lipinski definition) is 1. The molecule has 1 N–H and O–H groups in total. The van der Waals surface area contributed by atoms with E-state index in [4.69, 9.17) is 0 Å². The van der Waals surface area contributed by atoms with Gasteiger partial charge in [-0.1, -0.05) is 6.92 Å². The molecule has 0 fully saturated rings. The predicted molar refractivity (Wildman–Crippen MR) is 74.1 cm³/mol. The van der Waals surface area contributed by atoms with Gasteiger partial charge < -0.3 is 5.32 Å². The van der Waals surface area contributed by atoms with Crippen molar-refractivity contribution in [2.45, 2.75) is 26.3 Å². The van der Waals surface area contributed by atoms with Crippen LogP contribution in [0.15, 0.2) is 18.3 Å². The highest BCUT2D eigenvalue weighted by molar-refractivity contribution is 7.15. The maximum absolute atomic E-state index is 13.7. The van der Waals surface area contributed by atoms with E-state index in [9.17, 15) is 13.2 Å². The first-order valence-corrected chi connectivity index (χ1v) is 7.19. The molecule has 0 spiro atoms. The van der Waals surface area contributed by atoms with Crippen molar-refractivity contribution in [3.63, 3.8) is 0 Å². The summed E-state index contributed by atoms with van der Waals surface area (Å²) in [5.41, 5.74) is -0.0113. The fourth-order valence-electron chi connectivity index (χ4n) is 1.76. The van der Waals surface area contributed by atoms with E-state index in [0.717, 1.165) is 23.9 Å². The third-order valence-corrected chi connectivity index (χ3v) is 4.13. The lowest BCUT2D eigenvalue weighted by Gasteiger charge is -2.09. The van der Waals surface area contributed by atoms with E-state index in [0.29, 0.717) is 5.01 Å². The maximum Gasteiger partial charge on any atom is 0.195 e. The largest absolute Gasteiger partial charge is 0.309 e. The normalized spacial score (nSPS) is 12.7. The van der Waals surface area contributed by atoms with Crippen LogP contribution in [0.5, 0.6) is 0 Å². The van der Waals surface area contributed by atoms with Gasteiger partial charge in [-0.2, -0.15) is 0 Å². The topological polar surface area (TPSA) is 24.9 Å². The van der Waals surface area contributed by atoms with Gasteiger partial charge in [0.05, 0.1) is 0 Å². The summed E-state index contributed by atoms with van der Waals surface area (Å²) in [5.74, 6) is -3.85. The zero-order chi connectivity index (χ0) is 14.7. The third kappa shape index (κ3) is 3.02. The van der Waals surface area contributed by atoms with Gasteiger partial charge in [-0.05, 0) is 32.0 Å². The minimum Gasteiger partial charge on any atom is -0.309 e. The zero-order valence-corrected chi connectivity index (χ0v) is 12.0. The number of rotatable bonds is 5. The van der Waals surface area contributed by atoms with Crippen molar-refractivity contribution in [2.75, 3.05) is 6.54 Å². The highest BCUT2D eigenvalue weighted by Gasteiger charge is 2.18. The van der Waals surface area contributed by atoms with Gasteiger partial charge >= 0.3 is 0 Å². The van der Waals surface area contributed by atoms with Gasteiger partial charge in [0.25, 0.3) is 0 Å². The van der Waals surface area contributed by atoms with E-state index < -0.39 is 17.5 Å².